The number of benzene rings is 2. The van der Waals surface area contributed by atoms with E-state index >= 15 is 0 Å². The Morgan fingerprint density at radius 2 is 1.65 bits per heavy atom. The van der Waals surface area contributed by atoms with Gasteiger partial charge < -0.3 is 0 Å². The lowest BCUT2D eigenvalue weighted by atomic mass is 9.77. The van der Waals surface area contributed by atoms with E-state index in [4.69, 9.17) is 0 Å². The second-order valence-corrected chi connectivity index (χ2v) is 9.30. The van der Waals surface area contributed by atoms with Crippen LogP contribution in [0.4, 0.5) is 0 Å². The molecule has 0 aliphatic heterocycles. The van der Waals surface area contributed by atoms with Crippen molar-refractivity contribution in [3.63, 3.8) is 0 Å². The predicted molar refractivity (Wildman–Crippen MR) is 97.9 cm³/mol. The quantitative estimate of drug-likeness (QED) is 0.900. The first kappa shape index (κ1) is 16.4. The summed E-state index contributed by atoms with van der Waals surface area (Å²) in [4.78, 5) is 0. The molecular weight excluding hydrogens is 302 g/mol. The molecule has 0 radical (unpaired) electrons. The first-order valence-electron chi connectivity index (χ1n) is 8.26. The molecule has 1 N–H and O–H groups in total. The first-order chi connectivity index (χ1) is 10.9. The van der Waals surface area contributed by atoms with E-state index in [2.05, 4.69) is 59.3 Å². The summed E-state index contributed by atoms with van der Waals surface area (Å²) >= 11 is 0. The normalized spacial score (nSPS) is 22.4. The van der Waals surface area contributed by atoms with Crippen LogP contribution in [0.5, 0.6) is 0 Å². The van der Waals surface area contributed by atoms with E-state index in [1.807, 2.05) is 20.8 Å². The molecule has 2 aromatic carbocycles. The molecular formula is C20H25NOS. The van der Waals surface area contributed by atoms with Crippen molar-refractivity contribution in [2.75, 3.05) is 0 Å². The smallest absolute Gasteiger partial charge is 0.0972 e. The summed E-state index contributed by atoms with van der Waals surface area (Å²) in [5.74, 6) is 0.371. The molecule has 0 saturated carbocycles. The van der Waals surface area contributed by atoms with Crippen molar-refractivity contribution in [3.8, 4) is 0 Å². The number of hydrogen-bond donors (Lipinski definition) is 1. The molecule has 0 heterocycles. The summed E-state index contributed by atoms with van der Waals surface area (Å²) in [5.41, 5.74) is 4.13. The van der Waals surface area contributed by atoms with E-state index < -0.39 is 11.0 Å². The SMILES string of the molecule is CC(C)(C)[S@@](=O)N[C@H]1Cc2ccccc2[C@@H](c2ccccc2)C1. The van der Waals surface area contributed by atoms with Crippen molar-refractivity contribution >= 4 is 11.0 Å². The molecule has 2 aromatic rings. The summed E-state index contributed by atoms with van der Waals surface area (Å²) in [6.45, 7) is 6.05. The highest BCUT2D eigenvalue weighted by Gasteiger charge is 2.30. The van der Waals surface area contributed by atoms with Crippen LogP contribution >= 0.6 is 0 Å². The molecule has 3 rings (SSSR count). The van der Waals surface area contributed by atoms with Crippen LogP contribution in [0.1, 0.15) is 49.8 Å². The number of hydrogen-bond acceptors (Lipinski definition) is 1. The maximum atomic E-state index is 12.5. The highest BCUT2D eigenvalue weighted by atomic mass is 32.2. The van der Waals surface area contributed by atoms with Gasteiger partial charge in [0, 0.05) is 12.0 Å². The third kappa shape index (κ3) is 3.73. The van der Waals surface area contributed by atoms with Gasteiger partial charge in [-0.05, 0) is 50.3 Å². The van der Waals surface area contributed by atoms with Gasteiger partial charge in [-0.2, -0.15) is 0 Å². The van der Waals surface area contributed by atoms with Gasteiger partial charge in [0.25, 0.3) is 0 Å². The molecule has 1 aliphatic rings. The van der Waals surface area contributed by atoms with Crippen molar-refractivity contribution in [3.05, 3.63) is 71.3 Å². The number of nitrogens with one attached hydrogen (secondary N) is 1. The Balaban J connectivity index is 1.89. The fourth-order valence-electron chi connectivity index (χ4n) is 3.24. The molecule has 0 aromatic heterocycles. The monoisotopic (exact) mass is 327 g/mol. The van der Waals surface area contributed by atoms with Gasteiger partial charge in [0.2, 0.25) is 0 Å². The Hall–Kier alpha value is -1.45. The maximum Gasteiger partial charge on any atom is 0.0972 e. The average Bonchev–Trinajstić information content (AvgIpc) is 2.54. The molecule has 122 valence electrons. The zero-order valence-electron chi connectivity index (χ0n) is 14.1. The molecule has 0 saturated heterocycles. The third-order valence-corrected chi connectivity index (χ3v) is 6.11. The summed E-state index contributed by atoms with van der Waals surface area (Å²) < 4.78 is 15.6. The van der Waals surface area contributed by atoms with E-state index in [1.54, 1.807) is 0 Å². The Morgan fingerprint density at radius 3 is 2.35 bits per heavy atom. The molecule has 1 aliphatic carbocycles. The zero-order valence-corrected chi connectivity index (χ0v) is 14.9. The highest BCUT2D eigenvalue weighted by Crippen LogP contribution is 2.36. The molecule has 0 fully saturated rings. The standard InChI is InChI=1S/C20H25NOS/c1-20(2,3)23(22)21-17-13-16-11-7-8-12-18(16)19(14-17)15-9-5-4-6-10-15/h4-12,17,19,21H,13-14H2,1-3H3/t17-,19+,23+/m0/s1. The van der Waals surface area contributed by atoms with Crippen LogP contribution in [0.2, 0.25) is 0 Å². The van der Waals surface area contributed by atoms with Gasteiger partial charge in [-0.15, -0.1) is 0 Å². The van der Waals surface area contributed by atoms with Crippen LogP contribution in [0, 0.1) is 0 Å². The van der Waals surface area contributed by atoms with Crippen LogP contribution in [0.3, 0.4) is 0 Å². The molecule has 2 nitrogen and oxygen atoms in total. The average molecular weight is 327 g/mol. The van der Waals surface area contributed by atoms with E-state index in [-0.39, 0.29) is 10.8 Å². The fraction of sp³-hybridized carbons (Fsp3) is 0.400. The predicted octanol–water partition coefficient (Wildman–Crippen LogP) is 4.19. The molecule has 0 amide bonds. The first-order valence-corrected chi connectivity index (χ1v) is 9.41. The maximum absolute atomic E-state index is 12.5. The Kier molecular flexibility index (Phi) is 4.69. The molecule has 0 spiro atoms. The van der Waals surface area contributed by atoms with Crippen molar-refractivity contribution in [2.45, 2.75) is 50.3 Å². The van der Waals surface area contributed by atoms with E-state index in [9.17, 15) is 4.21 Å². The third-order valence-electron chi connectivity index (χ3n) is 4.45. The summed E-state index contributed by atoms with van der Waals surface area (Å²) in [5, 5.41) is 0. The van der Waals surface area contributed by atoms with E-state index in [0.29, 0.717) is 5.92 Å². The fourth-order valence-corrected chi connectivity index (χ4v) is 4.08. The Bertz CT molecular complexity index is 690. The van der Waals surface area contributed by atoms with Gasteiger partial charge in [-0.1, -0.05) is 54.6 Å². The van der Waals surface area contributed by atoms with E-state index in [1.165, 1.54) is 16.7 Å². The van der Waals surface area contributed by atoms with Gasteiger partial charge >= 0.3 is 0 Å². The lowest BCUT2D eigenvalue weighted by Crippen LogP contribution is -2.43. The Labute approximate surface area is 141 Å². The second kappa shape index (κ2) is 6.58. The summed E-state index contributed by atoms with van der Waals surface area (Å²) in [6, 6.07) is 19.6. The molecule has 3 atom stereocenters. The van der Waals surface area contributed by atoms with E-state index in [0.717, 1.165) is 12.8 Å². The molecule has 23 heavy (non-hydrogen) atoms. The number of fused-ring (bicyclic) bond motifs is 1. The van der Waals surface area contributed by atoms with Crippen LogP contribution < -0.4 is 4.72 Å². The minimum Gasteiger partial charge on any atom is -0.242 e. The summed E-state index contributed by atoms with van der Waals surface area (Å²) in [7, 11) is -1.03. The van der Waals surface area contributed by atoms with Gasteiger partial charge in [-0.25, -0.2) is 8.93 Å². The molecule has 3 heteroatoms. The number of rotatable bonds is 3. The Morgan fingerprint density at radius 1 is 1.00 bits per heavy atom. The van der Waals surface area contributed by atoms with Crippen molar-refractivity contribution < 1.29 is 4.21 Å². The van der Waals surface area contributed by atoms with Gasteiger partial charge in [0.15, 0.2) is 0 Å². The van der Waals surface area contributed by atoms with Gasteiger partial charge in [-0.3, -0.25) is 0 Å². The van der Waals surface area contributed by atoms with Crippen LogP contribution in [0.15, 0.2) is 54.6 Å². The molecule has 0 bridgehead atoms. The van der Waals surface area contributed by atoms with Crippen molar-refractivity contribution in [2.24, 2.45) is 0 Å². The molecule has 0 unspecified atom stereocenters. The zero-order chi connectivity index (χ0) is 16.4. The lowest BCUT2D eigenvalue weighted by Gasteiger charge is -2.33. The minimum atomic E-state index is -1.03. The van der Waals surface area contributed by atoms with Crippen LogP contribution in [-0.4, -0.2) is 15.0 Å². The van der Waals surface area contributed by atoms with Crippen LogP contribution in [0.25, 0.3) is 0 Å². The topological polar surface area (TPSA) is 29.1 Å². The minimum absolute atomic E-state index is 0.237. The van der Waals surface area contributed by atoms with Gasteiger partial charge in [0.1, 0.15) is 0 Å². The van der Waals surface area contributed by atoms with Crippen molar-refractivity contribution in [1.29, 1.82) is 0 Å². The summed E-state index contributed by atoms with van der Waals surface area (Å²) in [6.07, 6.45) is 1.93. The van der Waals surface area contributed by atoms with Crippen molar-refractivity contribution in [1.82, 2.24) is 4.72 Å². The second-order valence-electron chi connectivity index (χ2n) is 7.30. The van der Waals surface area contributed by atoms with Gasteiger partial charge in [0.05, 0.1) is 15.7 Å². The lowest BCUT2D eigenvalue weighted by molar-refractivity contribution is 0.492. The van der Waals surface area contributed by atoms with Crippen LogP contribution in [-0.2, 0) is 17.4 Å². The highest BCUT2D eigenvalue weighted by molar-refractivity contribution is 7.84. The largest absolute Gasteiger partial charge is 0.242 e.